The SMILES string of the molecule is CCCNc1ncnc(NCCCCCCO)c1C. The third kappa shape index (κ3) is 5.87. The molecule has 0 bridgehead atoms. The maximum absolute atomic E-state index is 8.70. The lowest BCUT2D eigenvalue weighted by Gasteiger charge is -2.12. The van der Waals surface area contributed by atoms with E-state index >= 15 is 0 Å². The summed E-state index contributed by atoms with van der Waals surface area (Å²) in [6.45, 7) is 6.31. The summed E-state index contributed by atoms with van der Waals surface area (Å²) < 4.78 is 0. The molecule has 1 heterocycles. The maximum Gasteiger partial charge on any atom is 0.134 e. The lowest BCUT2D eigenvalue weighted by Crippen LogP contribution is -2.09. The van der Waals surface area contributed by atoms with Gasteiger partial charge in [-0.3, -0.25) is 0 Å². The normalized spacial score (nSPS) is 10.5. The van der Waals surface area contributed by atoms with Crippen molar-refractivity contribution in [1.29, 1.82) is 0 Å². The van der Waals surface area contributed by atoms with E-state index < -0.39 is 0 Å². The molecule has 3 N–H and O–H groups in total. The number of rotatable bonds is 10. The average molecular weight is 266 g/mol. The van der Waals surface area contributed by atoms with E-state index in [2.05, 4.69) is 27.5 Å². The van der Waals surface area contributed by atoms with Crippen LogP contribution < -0.4 is 10.6 Å². The second-order valence-corrected chi connectivity index (χ2v) is 4.69. The molecule has 1 aromatic heterocycles. The Bertz CT molecular complexity index is 357. The molecular weight excluding hydrogens is 240 g/mol. The van der Waals surface area contributed by atoms with Gasteiger partial charge >= 0.3 is 0 Å². The third-order valence-corrected chi connectivity index (χ3v) is 3.00. The highest BCUT2D eigenvalue weighted by molar-refractivity contribution is 5.56. The summed E-state index contributed by atoms with van der Waals surface area (Å²) in [5.41, 5.74) is 1.08. The third-order valence-electron chi connectivity index (χ3n) is 3.00. The standard InChI is InChI=1S/C14H26N4O/c1-3-8-15-13-12(2)14(18-11-17-13)16-9-6-4-5-7-10-19/h11,19H,3-10H2,1-2H3,(H2,15,16,17,18). The highest BCUT2D eigenvalue weighted by Gasteiger charge is 2.05. The van der Waals surface area contributed by atoms with Gasteiger partial charge in [-0.15, -0.1) is 0 Å². The van der Waals surface area contributed by atoms with Gasteiger partial charge in [-0.05, 0) is 26.2 Å². The first-order chi connectivity index (χ1) is 9.29. The molecule has 0 aromatic carbocycles. The second kappa shape index (κ2) is 9.55. The Morgan fingerprint density at radius 2 is 1.63 bits per heavy atom. The van der Waals surface area contributed by atoms with Crippen LogP contribution in [0.1, 0.15) is 44.6 Å². The van der Waals surface area contributed by atoms with Crippen molar-refractivity contribution in [2.24, 2.45) is 0 Å². The van der Waals surface area contributed by atoms with Gasteiger partial charge in [-0.2, -0.15) is 0 Å². The summed E-state index contributed by atoms with van der Waals surface area (Å²) in [5.74, 6) is 1.83. The fraction of sp³-hybridized carbons (Fsp3) is 0.714. The van der Waals surface area contributed by atoms with Crippen LogP contribution >= 0.6 is 0 Å². The van der Waals surface area contributed by atoms with Crippen molar-refractivity contribution >= 4 is 11.6 Å². The summed E-state index contributed by atoms with van der Waals surface area (Å²) >= 11 is 0. The number of aliphatic hydroxyl groups is 1. The number of nitrogens with one attached hydrogen (secondary N) is 2. The van der Waals surface area contributed by atoms with Crippen molar-refractivity contribution in [3.63, 3.8) is 0 Å². The summed E-state index contributed by atoms with van der Waals surface area (Å²) in [5, 5.41) is 15.4. The first-order valence-electron chi connectivity index (χ1n) is 7.19. The van der Waals surface area contributed by atoms with E-state index in [0.29, 0.717) is 6.61 Å². The monoisotopic (exact) mass is 266 g/mol. The molecule has 0 saturated heterocycles. The number of hydrogen-bond acceptors (Lipinski definition) is 5. The summed E-state index contributed by atoms with van der Waals surface area (Å²) in [4.78, 5) is 8.53. The van der Waals surface area contributed by atoms with Crippen LogP contribution in [0, 0.1) is 6.92 Å². The van der Waals surface area contributed by atoms with Crippen molar-refractivity contribution in [3.05, 3.63) is 11.9 Å². The summed E-state index contributed by atoms with van der Waals surface area (Å²) in [7, 11) is 0. The van der Waals surface area contributed by atoms with Crippen molar-refractivity contribution in [1.82, 2.24) is 9.97 Å². The van der Waals surface area contributed by atoms with Crippen molar-refractivity contribution in [3.8, 4) is 0 Å². The predicted molar refractivity (Wildman–Crippen MR) is 79.6 cm³/mol. The van der Waals surface area contributed by atoms with Crippen LogP contribution in [0.5, 0.6) is 0 Å². The highest BCUT2D eigenvalue weighted by Crippen LogP contribution is 2.18. The van der Waals surface area contributed by atoms with Gasteiger partial charge < -0.3 is 15.7 Å². The molecule has 0 atom stereocenters. The smallest absolute Gasteiger partial charge is 0.134 e. The molecular formula is C14H26N4O. The Kier molecular flexibility index (Phi) is 7.89. The van der Waals surface area contributed by atoms with Gasteiger partial charge in [0.15, 0.2) is 0 Å². The maximum atomic E-state index is 8.70. The molecule has 1 rings (SSSR count). The molecule has 0 spiro atoms. The van der Waals surface area contributed by atoms with Gasteiger partial charge in [0, 0.05) is 25.3 Å². The minimum Gasteiger partial charge on any atom is -0.396 e. The fourth-order valence-electron chi connectivity index (χ4n) is 1.85. The second-order valence-electron chi connectivity index (χ2n) is 4.69. The van der Waals surface area contributed by atoms with Gasteiger partial charge in [0.25, 0.3) is 0 Å². The Hall–Kier alpha value is -1.36. The number of hydrogen-bond donors (Lipinski definition) is 3. The average Bonchev–Trinajstić information content (AvgIpc) is 2.43. The number of aromatic nitrogens is 2. The zero-order valence-electron chi connectivity index (χ0n) is 12.1. The van der Waals surface area contributed by atoms with Crippen LogP contribution in [0.3, 0.4) is 0 Å². The van der Waals surface area contributed by atoms with Crippen molar-refractivity contribution in [2.75, 3.05) is 30.3 Å². The van der Waals surface area contributed by atoms with Crippen molar-refractivity contribution < 1.29 is 5.11 Å². The first-order valence-corrected chi connectivity index (χ1v) is 7.19. The minimum absolute atomic E-state index is 0.297. The molecule has 0 unspecified atom stereocenters. The molecule has 1 aromatic rings. The lowest BCUT2D eigenvalue weighted by atomic mass is 10.2. The number of aliphatic hydroxyl groups excluding tert-OH is 1. The van der Waals surface area contributed by atoms with Crippen LogP contribution in [0.2, 0.25) is 0 Å². The van der Waals surface area contributed by atoms with Gasteiger partial charge in [0.1, 0.15) is 18.0 Å². The zero-order chi connectivity index (χ0) is 13.9. The van der Waals surface area contributed by atoms with Crippen LogP contribution in [-0.2, 0) is 0 Å². The Morgan fingerprint density at radius 1 is 1.00 bits per heavy atom. The molecule has 108 valence electrons. The Balaban J connectivity index is 2.36. The molecule has 0 saturated carbocycles. The number of nitrogens with zero attached hydrogens (tertiary/aromatic N) is 2. The Labute approximate surface area is 115 Å². The molecule has 5 nitrogen and oxygen atoms in total. The van der Waals surface area contributed by atoms with Gasteiger partial charge in [0.2, 0.25) is 0 Å². The predicted octanol–water partition coefficient (Wildman–Crippen LogP) is 2.57. The highest BCUT2D eigenvalue weighted by atomic mass is 16.2. The van der Waals surface area contributed by atoms with Gasteiger partial charge in [0.05, 0.1) is 0 Å². The number of anilines is 2. The zero-order valence-corrected chi connectivity index (χ0v) is 12.1. The van der Waals surface area contributed by atoms with Gasteiger partial charge in [-0.1, -0.05) is 19.8 Å². The quantitative estimate of drug-likeness (QED) is 0.568. The molecule has 0 aliphatic rings. The van der Waals surface area contributed by atoms with Crippen LogP contribution in [-0.4, -0.2) is 34.8 Å². The summed E-state index contributed by atoms with van der Waals surface area (Å²) in [6, 6.07) is 0. The molecule has 19 heavy (non-hydrogen) atoms. The van der Waals surface area contributed by atoms with E-state index in [0.717, 1.165) is 62.4 Å². The first kappa shape index (κ1) is 15.7. The number of unbranched alkanes of at least 4 members (excludes halogenated alkanes) is 3. The Morgan fingerprint density at radius 3 is 2.26 bits per heavy atom. The van der Waals surface area contributed by atoms with E-state index in [-0.39, 0.29) is 0 Å². The molecule has 0 aliphatic heterocycles. The molecule has 0 aliphatic carbocycles. The lowest BCUT2D eigenvalue weighted by molar-refractivity contribution is 0.283. The van der Waals surface area contributed by atoms with E-state index in [9.17, 15) is 0 Å². The molecule has 0 fully saturated rings. The molecule has 0 amide bonds. The summed E-state index contributed by atoms with van der Waals surface area (Å²) in [6.07, 6.45) is 6.90. The fourth-order valence-corrected chi connectivity index (χ4v) is 1.85. The van der Waals surface area contributed by atoms with Crippen LogP contribution in [0.4, 0.5) is 11.6 Å². The van der Waals surface area contributed by atoms with Crippen LogP contribution in [0.15, 0.2) is 6.33 Å². The van der Waals surface area contributed by atoms with Crippen molar-refractivity contribution in [2.45, 2.75) is 46.0 Å². The largest absolute Gasteiger partial charge is 0.396 e. The van der Waals surface area contributed by atoms with Gasteiger partial charge in [-0.25, -0.2) is 9.97 Å². The van der Waals surface area contributed by atoms with E-state index in [1.54, 1.807) is 6.33 Å². The van der Waals surface area contributed by atoms with Crippen LogP contribution in [0.25, 0.3) is 0 Å². The minimum atomic E-state index is 0.297. The van der Waals surface area contributed by atoms with E-state index in [1.807, 2.05) is 6.92 Å². The topological polar surface area (TPSA) is 70.1 Å². The van der Waals surface area contributed by atoms with E-state index in [1.165, 1.54) is 0 Å². The molecule has 0 radical (unpaired) electrons. The molecule has 5 heteroatoms. The van der Waals surface area contributed by atoms with E-state index in [4.69, 9.17) is 5.11 Å².